The molecule has 1 aliphatic rings. The number of hydrogen-bond acceptors (Lipinski definition) is 5. The molecule has 2 atom stereocenters. The summed E-state index contributed by atoms with van der Waals surface area (Å²) in [4.78, 5) is 30.3. The Kier molecular flexibility index (Phi) is 7.02. The number of aromatic nitrogens is 2. The molecule has 1 amide bonds. The number of benzene rings is 1. The summed E-state index contributed by atoms with van der Waals surface area (Å²) < 4.78 is 36.8. The highest BCUT2D eigenvalue weighted by Gasteiger charge is 2.29. The standard InChI is InChI=1S/C21H25F2N3O4/c1-14-4-3-5-15(2)26(14)19(27)13-29-17-8-6-16(7-9-17)20(28)30-12-18-24-10-11-25(18)21(22)23/h6-11,14-15,21H,3-5,12-13H2,1-2H3. The van der Waals surface area contributed by atoms with Gasteiger partial charge in [0, 0.05) is 24.5 Å². The molecule has 0 spiro atoms. The monoisotopic (exact) mass is 421 g/mol. The number of ether oxygens (including phenoxy) is 2. The minimum absolute atomic E-state index is 0.0435. The van der Waals surface area contributed by atoms with Crippen molar-refractivity contribution in [3.8, 4) is 5.75 Å². The van der Waals surface area contributed by atoms with Crippen LogP contribution in [-0.4, -0.2) is 45.0 Å². The van der Waals surface area contributed by atoms with Gasteiger partial charge in [-0.3, -0.25) is 9.36 Å². The SMILES string of the molecule is CC1CCCC(C)N1C(=O)COc1ccc(C(=O)OCc2nccn2C(F)F)cc1. The van der Waals surface area contributed by atoms with Crippen LogP contribution in [0.25, 0.3) is 0 Å². The van der Waals surface area contributed by atoms with Crippen LogP contribution in [0, 0.1) is 0 Å². The van der Waals surface area contributed by atoms with Gasteiger partial charge < -0.3 is 14.4 Å². The summed E-state index contributed by atoms with van der Waals surface area (Å²) in [6, 6.07) is 6.51. The topological polar surface area (TPSA) is 73.7 Å². The number of piperidine rings is 1. The van der Waals surface area contributed by atoms with Gasteiger partial charge in [0.25, 0.3) is 5.91 Å². The lowest BCUT2D eigenvalue weighted by molar-refractivity contribution is -0.139. The van der Waals surface area contributed by atoms with Crippen LogP contribution in [-0.2, 0) is 16.1 Å². The number of alkyl halides is 2. The number of likely N-dealkylation sites (tertiary alicyclic amines) is 1. The van der Waals surface area contributed by atoms with Crippen LogP contribution in [0.2, 0.25) is 0 Å². The van der Waals surface area contributed by atoms with Crippen molar-refractivity contribution in [1.29, 1.82) is 0 Å². The lowest BCUT2D eigenvalue weighted by Crippen LogP contribution is -2.49. The van der Waals surface area contributed by atoms with Crippen molar-refractivity contribution < 1.29 is 27.8 Å². The number of rotatable bonds is 7. The molecule has 2 heterocycles. The van der Waals surface area contributed by atoms with Crippen LogP contribution in [0.3, 0.4) is 0 Å². The Morgan fingerprint density at radius 3 is 2.47 bits per heavy atom. The van der Waals surface area contributed by atoms with Gasteiger partial charge in [0.2, 0.25) is 0 Å². The van der Waals surface area contributed by atoms with Gasteiger partial charge in [0.15, 0.2) is 12.4 Å². The van der Waals surface area contributed by atoms with E-state index in [9.17, 15) is 18.4 Å². The maximum absolute atomic E-state index is 12.8. The Labute approximate surface area is 173 Å². The Morgan fingerprint density at radius 2 is 1.83 bits per heavy atom. The lowest BCUT2D eigenvalue weighted by Gasteiger charge is -2.38. The molecule has 162 valence electrons. The highest BCUT2D eigenvalue weighted by Crippen LogP contribution is 2.23. The summed E-state index contributed by atoms with van der Waals surface area (Å²) >= 11 is 0. The van der Waals surface area contributed by atoms with Gasteiger partial charge in [-0.1, -0.05) is 0 Å². The average Bonchev–Trinajstić information content (AvgIpc) is 3.20. The molecule has 9 heteroatoms. The molecule has 1 aromatic heterocycles. The van der Waals surface area contributed by atoms with Gasteiger partial charge in [-0.05, 0) is 57.4 Å². The number of amides is 1. The first-order valence-corrected chi connectivity index (χ1v) is 9.88. The maximum atomic E-state index is 12.8. The van der Waals surface area contributed by atoms with Gasteiger partial charge in [-0.25, -0.2) is 9.78 Å². The second kappa shape index (κ2) is 9.69. The quantitative estimate of drug-likeness (QED) is 0.636. The number of nitrogens with zero attached hydrogens (tertiary/aromatic N) is 3. The van der Waals surface area contributed by atoms with Crippen molar-refractivity contribution in [2.45, 2.75) is 58.3 Å². The molecule has 0 saturated carbocycles. The van der Waals surface area contributed by atoms with Gasteiger partial charge in [0.1, 0.15) is 12.4 Å². The fourth-order valence-corrected chi connectivity index (χ4v) is 3.67. The van der Waals surface area contributed by atoms with Crippen molar-refractivity contribution in [2.75, 3.05) is 6.61 Å². The van der Waals surface area contributed by atoms with E-state index >= 15 is 0 Å². The number of carbonyl (C=O) groups excluding carboxylic acids is 2. The molecular formula is C21H25F2N3O4. The molecule has 7 nitrogen and oxygen atoms in total. The first-order valence-electron chi connectivity index (χ1n) is 9.88. The molecular weight excluding hydrogens is 396 g/mol. The molecule has 0 radical (unpaired) electrons. The summed E-state index contributed by atoms with van der Waals surface area (Å²) in [5.74, 6) is -0.325. The molecule has 1 aliphatic heterocycles. The predicted octanol–water partition coefficient (Wildman–Crippen LogP) is 3.80. The minimum Gasteiger partial charge on any atom is -0.484 e. The van der Waals surface area contributed by atoms with Gasteiger partial charge >= 0.3 is 12.5 Å². The summed E-state index contributed by atoms with van der Waals surface area (Å²) in [7, 11) is 0. The summed E-state index contributed by atoms with van der Waals surface area (Å²) in [6.45, 7) is 0.893. The largest absolute Gasteiger partial charge is 0.484 e. The Morgan fingerprint density at radius 1 is 1.17 bits per heavy atom. The first kappa shape index (κ1) is 21.7. The number of halogens is 2. The van der Waals surface area contributed by atoms with Gasteiger partial charge in [-0.15, -0.1) is 0 Å². The Hall–Kier alpha value is -2.97. The molecule has 0 N–H and O–H groups in total. The van der Waals surface area contributed by atoms with Crippen molar-refractivity contribution in [3.63, 3.8) is 0 Å². The van der Waals surface area contributed by atoms with Gasteiger partial charge in [0.05, 0.1) is 5.56 Å². The number of carbonyl (C=O) groups is 2. The molecule has 30 heavy (non-hydrogen) atoms. The zero-order chi connectivity index (χ0) is 21.7. The molecule has 3 rings (SSSR count). The molecule has 0 aliphatic carbocycles. The smallest absolute Gasteiger partial charge is 0.338 e. The van der Waals surface area contributed by atoms with E-state index < -0.39 is 12.5 Å². The third-order valence-electron chi connectivity index (χ3n) is 5.23. The van der Waals surface area contributed by atoms with Crippen LogP contribution < -0.4 is 4.74 Å². The molecule has 2 unspecified atom stereocenters. The van der Waals surface area contributed by atoms with E-state index in [1.54, 1.807) is 12.1 Å². The Balaban J connectivity index is 1.51. The van der Waals surface area contributed by atoms with E-state index in [0.29, 0.717) is 10.3 Å². The van der Waals surface area contributed by atoms with E-state index in [-0.39, 0.29) is 42.6 Å². The number of esters is 1. The van der Waals surface area contributed by atoms with E-state index in [1.807, 2.05) is 18.7 Å². The Bertz CT molecular complexity index is 859. The summed E-state index contributed by atoms with van der Waals surface area (Å²) in [5, 5.41) is 0. The predicted molar refractivity (Wildman–Crippen MR) is 104 cm³/mol. The summed E-state index contributed by atoms with van der Waals surface area (Å²) in [6.07, 6.45) is 5.43. The molecule has 0 bridgehead atoms. The van der Waals surface area contributed by atoms with E-state index in [0.717, 1.165) is 25.5 Å². The second-order valence-electron chi connectivity index (χ2n) is 7.35. The average molecular weight is 421 g/mol. The van der Waals surface area contributed by atoms with Gasteiger partial charge in [-0.2, -0.15) is 8.78 Å². The third-order valence-corrected chi connectivity index (χ3v) is 5.23. The van der Waals surface area contributed by atoms with E-state index in [4.69, 9.17) is 9.47 Å². The molecule has 1 saturated heterocycles. The highest BCUT2D eigenvalue weighted by atomic mass is 19.3. The zero-order valence-corrected chi connectivity index (χ0v) is 17.0. The number of imidazole rings is 1. The van der Waals surface area contributed by atoms with Crippen LogP contribution in [0.4, 0.5) is 8.78 Å². The van der Waals surface area contributed by atoms with Crippen molar-refractivity contribution in [1.82, 2.24) is 14.5 Å². The van der Waals surface area contributed by atoms with Crippen molar-refractivity contribution in [3.05, 3.63) is 48.0 Å². The van der Waals surface area contributed by atoms with E-state index in [2.05, 4.69) is 4.98 Å². The number of hydrogen-bond donors (Lipinski definition) is 0. The van der Waals surface area contributed by atoms with Crippen LogP contribution in [0.15, 0.2) is 36.7 Å². The fourth-order valence-electron chi connectivity index (χ4n) is 3.67. The van der Waals surface area contributed by atoms with Crippen molar-refractivity contribution >= 4 is 11.9 Å². The highest BCUT2D eigenvalue weighted by molar-refractivity contribution is 5.89. The van der Waals surface area contributed by atoms with Crippen LogP contribution in [0.5, 0.6) is 5.75 Å². The molecule has 2 aromatic rings. The minimum atomic E-state index is -2.75. The normalized spacial score (nSPS) is 19.0. The third kappa shape index (κ3) is 5.14. The van der Waals surface area contributed by atoms with Crippen LogP contribution in [0.1, 0.15) is 55.8 Å². The first-order chi connectivity index (χ1) is 14.4. The molecule has 1 fully saturated rings. The maximum Gasteiger partial charge on any atom is 0.338 e. The second-order valence-corrected chi connectivity index (χ2v) is 7.35. The lowest BCUT2D eigenvalue weighted by atomic mass is 9.97. The van der Waals surface area contributed by atoms with E-state index in [1.165, 1.54) is 18.3 Å². The zero-order valence-electron chi connectivity index (χ0n) is 17.0. The molecule has 1 aromatic carbocycles. The van der Waals surface area contributed by atoms with Crippen molar-refractivity contribution in [2.24, 2.45) is 0 Å². The summed E-state index contributed by atoms with van der Waals surface area (Å²) in [5.41, 5.74) is 0.238. The fraction of sp³-hybridized carbons (Fsp3) is 0.476. The van der Waals surface area contributed by atoms with Crippen LogP contribution >= 0.6 is 0 Å².